The Kier molecular flexibility index (Phi) is 6.33. The second-order valence-corrected chi connectivity index (χ2v) is 9.39. The summed E-state index contributed by atoms with van der Waals surface area (Å²) < 4.78 is 1.59. The molecule has 6 nitrogen and oxygen atoms in total. The van der Waals surface area contributed by atoms with Crippen LogP contribution < -0.4 is 10.9 Å². The fraction of sp³-hybridized carbons (Fsp3) is 0.143. The third kappa shape index (κ3) is 4.55. The molecule has 0 radical (unpaired) electrons. The topological polar surface area (TPSA) is 76.9 Å². The van der Waals surface area contributed by atoms with Crippen LogP contribution in [-0.4, -0.2) is 25.7 Å². The highest BCUT2D eigenvalue weighted by molar-refractivity contribution is 8.00. The predicted molar refractivity (Wildman–Crippen MR) is 142 cm³/mol. The van der Waals surface area contributed by atoms with Crippen molar-refractivity contribution in [2.45, 2.75) is 30.7 Å². The molecule has 0 aliphatic carbocycles. The van der Waals surface area contributed by atoms with E-state index in [0.717, 1.165) is 22.3 Å². The quantitative estimate of drug-likeness (QED) is 0.247. The van der Waals surface area contributed by atoms with Gasteiger partial charge in [-0.3, -0.25) is 19.1 Å². The van der Waals surface area contributed by atoms with E-state index in [0.29, 0.717) is 28.2 Å². The van der Waals surface area contributed by atoms with Gasteiger partial charge in [-0.25, -0.2) is 4.98 Å². The fourth-order valence-electron chi connectivity index (χ4n) is 4.07. The third-order valence-electron chi connectivity index (χ3n) is 5.77. The minimum atomic E-state index is -0.453. The first-order valence-electron chi connectivity index (χ1n) is 11.5. The summed E-state index contributed by atoms with van der Waals surface area (Å²) in [6.07, 6.45) is 0.565. The Labute approximate surface area is 207 Å². The molecule has 0 saturated heterocycles. The van der Waals surface area contributed by atoms with E-state index in [1.807, 2.05) is 92.7 Å². The van der Waals surface area contributed by atoms with Gasteiger partial charge in [0, 0.05) is 11.1 Å². The summed E-state index contributed by atoms with van der Waals surface area (Å²) in [5.74, 6) is -0.143. The number of anilines is 1. The average molecular weight is 481 g/mol. The van der Waals surface area contributed by atoms with Gasteiger partial charge in [0.1, 0.15) is 0 Å². The number of aromatic nitrogens is 3. The minimum Gasteiger partial charge on any atom is -0.324 e. The SMILES string of the molecule is CCC(Sc1nc2ccccc2c(=O)n1-c1ccccc1)C(=O)Nc1cc(C)nc2ccccc12. The van der Waals surface area contributed by atoms with Gasteiger partial charge >= 0.3 is 0 Å². The lowest BCUT2D eigenvalue weighted by Crippen LogP contribution is -2.27. The molecule has 3 aromatic carbocycles. The predicted octanol–water partition coefficient (Wildman–Crippen LogP) is 5.75. The Morgan fingerprint density at radius 3 is 2.26 bits per heavy atom. The number of hydrogen-bond donors (Lipinski definition) is 1. The zero-order valence-corrected chi connectivity index (χ0v) is 20.3. The number of carbonyl (C=O) groups excluding carboxylic acids is 1. The van der Waals surface area contributed by atoms with Crippen LogP contribution in [0.25, 0.3) is 27.5 Å². The maximum Gasteiger partial charge on any atom is 0.266 e. The molecule has 1 N–H and O–H groups in total. The molecule has 2 aromatic heterocycles. The zero-order chi connectivity index (χ0) is 24.4. The van der Waals surface area contributed by atoms with E-state index in [1.165, 1.54) is 11.8 Å². The van der Waals surface area contributed by atoms with E-state index >= 15 is 0 Å². The second kappa shape index (κ2) is 9.72. The maximum atomic E-state index is 13.5. The van der Waals surface area contributed by atoms with Crippen LogP contribution in [0.4, 0.5) is 5.69 Å². The third-order valence-corrected chi connectivity index (χ3v) is 7.09. The summed E-state index contributed by atoms with van der Waals surface area (Å²) in [6.45, 7) is 3.87. The summed E-state index contributed by atoms with van der Waals surface area (Å²) >= 11 is 1.30. The van der Waals surface area contributed by atoms with Gasteiger partial charge in [-0.15, -0.1) is 0 Å². The summed E-state index contributed by atoms with van der Waals surface area (Å²) in [4.78, 5) is 36.2. The molecule has 5 aromatic rings. The number of thioether (sulfide) groups is 1. The van der Waals surface area contributed by atoms with Crippen molar-refractivity contribution in [2.24, 2.45) is 0 Å². The molecule has 35 heavy (non-hydrogen) atoms. The number of benzene rings is 3. The number of aryl methyl sites for hydroxylation is 1. The normalized spacial score (nSPS) is 12.1. The summed E-state index contributed by atoms with van der Waals surface area (Å²) in [6, 6.07) is 26.3. The van der Waals surface area contributed by atoms with Crippen molar-refractivity contribution in [2.75, 3.05) is 5.32 Å². The van der Waals surface area contributed by atoms with Crippen molar-refractivity contribution < 1.29 is 4.79 Å². The molecule has 0 aliphatic rings. The molecule has 5 rings (SSSR count). The molecular formula is C28H24N4O2S. The fourth-order valence-corrected chi connectivity index (χ4v) is 5.10. The highest BCUT2D eigenvalue weighted by atomic mass is 32.2. The van der Waals surface area contributed by atoms with Crippen LogP contribution in [0.5, 0.6) is 0 Å². The standard InChI is InChI=1S/C28H24N4O2S/c1-3-25(26(33)30-24-17-18(2)29-22-15-9-7-13-20(22)24)35-28-31-23-16-10-8-14-21(23)27(34)32(28)19-11-5-4-6-12-19/h4-17,25H,3H2,1-2H3,(H,29,30,33). The number of nitrogens with one attached hydrogen (secondary N) is 1. The van der Waals surface area contributed by atoms with E-state index in [-0.39, 0.29) is 11.5 Å². The van der Waals surface area contributed by atoms with Crippen molar-refractivity contribution in [1.29, 1.82) is 0 Å². The molecule has 0 saturated carbocycles. The first-order valence-corrected chi connectivity index (χ1v) is 12.3. The Balaban J connectivity index is 1.54. The van der Waals surface area contributed by atoms with Gasteiger partial charge in [0.2, 0.25) is 5.91 Å². The number of hydrogen-bond acceptors (Lipinski definition) is 5. The lowest BCUT2D eigenvalue weighted by molar-refractivity contribution is -0.115. The number of rotatable bonds is 6. The lowest BCUT2D eigenvalue weighted by atomic mass is 10.1. The molecule has 1 unspecified atom stereocenters. The monoisotopic (exact) mass is 480 g/mol. The van der Waals surface area contributed by atoms with Crippen LogP contribution in [0, 0.1) is 6.92 Å². The van der Waals surface area contributed by atoms with Crippen LogP contribution in [0.1, 0.15) is 19.0 Å². The summed E-state index contributed by atoms with van der Waals surface area (Å²) in [7, 11) is 0. The van der Waals surface area contributed by atoms with Crippen molar-refractivity contribution >= 4 is 45.2 Å². The Bertz CT molecular complexity index is 1600. The summed E-state index contributed by atoms with van der Waals surface area (Å²) in [5, 5.41) is 4.55. The van der Waals surface area contributed by atoms with Gasteiger partial charge in [0.15, 0.2) is 5.16 Å². The first-order chi connectivity index (χ1) is 17.0. The van der Waals surface area contributed by atoms with Crippen molar-refractivity contribution in [1.82, 2.24) is 14.5 Å². The molecule has 174 valence electrons. The smallest absolute Gasteiger partial charge is 0.266 e. The highest BCUT2D eigenvalue weighted by Crippen LogP contribution is 2.29. The van der Waals surface area contributed by atoms with Crippen LogP contribution >= 0.6 is 11.8 Å². The van der Waals surface area contributed by atoms with Gasteiger partial charge in [0.25, 0.3) is 5.56 Å². The number of carbonyl (C=O) groups is 1. The van der Waals surface area contributed by atoms with Crippen LogP contribution in [0.3, 0.4) is 0 Å². The Hall–Kier alpha value is -3.97. The van der Waals surface area contributed by atoms with Gasteiger partial charge in [-0.05, 0) is 49.7 Å². The van der Waals surface area contributed by atoms with Gasteiger partial charge in [-0.2, -0.15) is 0 Å². The van der Waals surface area contributed by atoms with Crippen LogP contribution in [0.15, 0.2) is 94.9 Å². The van der Waals surface area contributed by atoms with Gasteiger partial charge in [-0.1, -0.05) is 67.2 Å². The number of fused-ring (bicyclic) bond motifs is 2. The van der Waals surface area contributed by atoms with E-state index in [1.54, 1.807) is 10.6 Å². The molecular weight excluding hydrogens is 456 g/mol. The molecule has 0 fully saturated rings. The number of para-hydroxylation sites is 3. The Morgan fingerprint density at radius 1 is 0.914 bits per heavy atom. The number of nitrogens with zero attached hydrogens (tertiary/aromatic N) is 3. The number of pyridine rings is 1. The molecule has 0 aliphatic heterocycles. The minimum absolute atomic E-state index is 0.143. The first kappa shape index (κ1) is 22.8. The molecule has 0 bridgehead atoms. The highest BCUT2D eigenvalue weighted by Gasteiger charge is 2.23. The second-order valence-electron chi connectivity index (χ2n) is 8.22. The maximum absolute atomic E-state index is 13.5. The van der Waals surface area contributed by atoms with E-state index in [4.69, 9.17) is 4.98 Å². The van der Waals surface area contributed by atoms with Crippen LogP contribution in [0.2, 0.25) is 0 Å². The van der Waals surface area contributed by atoms with E-state index in [9.17, 15) is 9.59 Å². The molecule has 1 atom stereocenters. The molecule has 7 heteroatoms. The van der Waals surface area contributed by atoms with Crippen molar-refractivity contribution in [3.63, 3.8) is 0 Å². The van der Waals surface area contributed by atoms with Gasteiger partial charge in [0.05, 0.1) is 33.0 Å². The van der Waals surface area contributed by atoms with E-state index < -0.39 is 5.25 Å². The molecule has 0 spiro atoms. The van der Waals surface area contributed by atoms with Crippen molar-refractivity contribution in [3.8, 4) is 5.69 Å². The largest absolute Gasteiger partial charge is 0.324 e. The van der Waals surface area contributed by atoms with Crippen LogP contribution in [-0.2, 0) is 4.79 Å². The Morgan fingerprint density at radius 2 is 1.54 bits per heavy atom. The average Bonchev–Trinajstić information content (AvgIpc) is 2.87. The molecule has 1 amide bonds. The van der Waals surface area contributed by atoms with E-state index in [2.05, 4.69) is 10.3 Å². The van der Waals surface area contributed by atoms with Gasteiger partial charge < -0.3 is 5.32 Å². The number of amides is 1. The summed E-state index contributed by atoms with van der Waals surface area (Å²) in [5.41, 5.74) is 3.55. The molecule has 2 heterocycles. The van der Waals surface area contributed by atoms with Crippen molar-refractivity contribution in [3.05, 3.63) is 101 Å². The lowest BCUT2D eigenvalue weighted by Gasteiger charge is -2.18. The zero-order valence-electron chi connectivity index (χ0n) is 19.4.